The van der Waals surface area contributed by atoms with Crippen LogP contribution in [-0.2, 0) is 28.4 Å². The van der Waals surface area contributed by atoms with Crippen LogP contribution in [0.1, 0.15) is 74.2 Å². The number of hydrogen-bond donors (Lipinski definition) is 8. The van der Waals surface area contributed by atoms with Gasteiger partial charge in [0.2, 0.25) is 17.8 Å². The highest BCUT2D eigenvalue weighted by molar-refractivity contribution is 8.00. The summed E-state index contributed by atoms with van der Waals surface area (Å²) in [7, 11) is 0.731. The number of carboxylic acids is 1. The molecular formula is C52H74N9O11PS. The van der Waals surface area contributed by atoms with E-state index in [2.05, 4.69) is 26.3 Å². The highest BCUT2D eigenvalue weighted by Gasteiger charge is 2.46. The number of amides is 4. The van der Waals surface area contributed by atoms with Crippen molar-refractivity contribution in [2.45, 2.75) is 106 Å². The van der Waals surface area contributed by atoms with Crippen LogP contribution in [0.5, 0.6) is 0 Å². The van der Waals surface area contributed by atoms with Crippen LogP contribution in [-0.4, -0.2) is 182 Å². The Bertz CT molecular complexity index is 2400. The number of thioether (sulfide) groups is 1. The lowest BCUT2D eigenvalue weighted by atomic mass is 10.0. The summed E-state index contributed by atoms with van der Waals surface area (Å²) < 4.78 is 34.0. The van der Waals surface area contributed by atoms with Crippen molar-refractivity contribution in [2.75, 3.05) is 72.9 Å². The maximum atomic E-state index is 16.0. The highest BCUT2D eigenvalue weighted by Crippen LogP contribution is 2.44. The zero-order valence-corrected chi connectivity index (χ0v) is 44.5. The third kappa shape index (κ3) is 15.1. The number of fused-ring (bicyclic) bond motifs is 1. The van der Waals surface area contributed by atoms with Crippen molar-refractivity contribution in [1.29, 1.82) is 0 Å². The number of unbranched alkanes of at least 4 members (excludes halogenated alkanes) is 1. The summed E-state index contributed by atoms with van der Waals surface area (Å²) >= 11 is 1.88. The lowest BCUT2D eigenvalue weighted by molar-refractivity contribution is -0.138. The molecule has 404 valence electrons. The number of urea groups is 1. The Morgan fingerprint density at radius 2 is 1.62 bits per heavy atom. The Labute approximate surface area is 438 Å². The van der Waals surface area contributed by atoms with Crippen LogP contribution in [0.3, 0.4) is 0 Å². The molecule has 22 heteroatoms. The number of aliphatic hydroxyl groups excluding tert-OH is 2. The number of ether oxygens (including phenoxy) is 3. The normalized spacial score (nSPS) is 22.2. The number of benzene rings is 3. The molecule has 0 spiro atoms. The molecule has 0 saturated carbocycles. The Kier molecular flexibility index (Phi) is 22.3. The van der Waals surface area contributed by atoms with E-state index in [1.165, 1.54) is 19.1 Å². The second-order valence-corrected chi connectivity index (χ2v) is 22.6. The van der Waals surface area contributed by atoms with E-state index in [0.29, 0.717) is 80.1 Å². The van der Waals surface area contributed by atoms with E-state index in [9.17, 15) is 34.5 Å². The van der Waals surface area contributed by atoms with E-state index >= 15 is 4.57 Å². The van der Waals surface area contributed by atoms with E-state index in [1.807, 2.05) is 35.7 Å². The number of nitrogens with one attached hydrogen (secondary N) is 4. The van der Waals surface area contributed by atoms with Gasteiger partial charge in [0.25, 0.3) is 5.91 Å². The van der Waals surface area contributed by atoms with Crippen LogP contribution in [0, 0.1) is 0 Å². The molecule has 8 atom stereocenters. The molecule has 6 rings (SSSR count). The minimum absolute atomic E-state index is 0.00345. The van der Waals surface area contributed by atoms with Gasteiger partial charge in [0.05, 0.1) is 19.2 Å². The molecule has 3 saturated heterocycles. The molecule has 20 nitrogen and oxygen atoms in total. The number of methoxy groups -OCH3 is 1. The molecule has 3 aliphatic rings. The molecule has 1 unspecified atom stereocenters. The van der Waals surface area contributed by atoms with Crippen molar-refractivity contribution < 1.29 is 53.3 Å². The van der Waals surface area contributed by atoms with Gasteiger partial charge in [-0.05, 0) is 63.3 Å². The molecule has 3 aliphatic heterocycles. The standard InChI is InChI=1S/C52H74N9O11PS/c1-5-27-61(28-24-38(53)50(66)67)32-40-45(63)46(64)49(72-40)60(3)51(54-2)59-48(70-4)37-23-22-34(31-41(37)73(69,35-16-8-6-9-17-35)36-18-10-7-11-19-36)47(65)56-26-15-30-71-29-14-25-55-43(62)21-13-12-20-42-44-39(33-74-42)57-52(68)58-44/h6-11,16-19,22-23,31,38-40,42,44-46,49,63-64H,5,12-15,20-21,24-30,32-33,53H2,1-4H3,(H,55,62)(H,56,65)(H,66,67)(H2,57,58,68)/b54-51?,59-48-/t38-,39-,40+,42+,44-,45?,46-,49+/m0/s1. The fraction of sp³-hybridized carbons (Fsp3) is 0.538. The first-order valence-corrected chi connectivity index (χ1v) is 28.2. The van der Waals surface area contributed by atoms with Gasteiger partial charge in [-0.2, -0.15) is 16.8 Å². The molecule has 3 heterocycles. The van der Waals surface area contributed by atoms with Gasteiger partial charge >= 0.3 is 12.0 Å². The zero-order chi connectivity index (χ0) is 53.2. The van der Waals surface area contributed by atoms with Crippen LogP contribution in [0.2, 0.25) is 0 Å². The quantitative estimate of drug-likeness (QED) is 0.0178. The zero-order valence-electron chi connectivity index (χ0n) is 42.8. The maximum Gasteiger partial charge on any atom is 0.320 e. The van der Waals surface area contributed by atoms with E-state index in [1.54, 1.807) is 73.8 Å². The van der Waals surface area contributed by atoms with Crippen molar-refractivity contribution in [1.82, 2.24) is 31.1 Å². The molecule has 4 amide bonds. The van der Waals surface area contributed by atoms with Gasteiger partial charge in [0.1, 0.15) is 24.4 Å². The molecule has 9 N–H and O–H groups in total. The summed E-state index contributed by atoms with van der Waals surface area (Å²) in [6.45, 7) is 4.75. The average Bonchev–Trinajstić information content (AvgIpc) is 4.06. The fourth-order valence-corrected chi connectivity index (χ4v) is 13.8. The number of aliphatic carboxylic acids is 1. The monoisotopic (exact) mass is 1060 g/mol. The van der Waals surface area contributed by atoms with Crippen LogP contribution < -0.4 is 42.9 Å². The SMILES string of the molecule is CCCN(CC[C@H](N)C(=O)O)C[C@H]1O[C@@H](N(C)C(=NC)/N=C(\OC)c2ccc(C(=O)NCCCOCCCNC(=O)CCCC[C@H]3SC[C@@H]4NC(=O)N[C@@H]43)cc2P(=O)(c2ccccc2)c2ccccc2)[C@@H](O)C1O. The van der Waals surface area contributed by atoms with Gasteiger partial charge in [-0.25, -0.2) is 4.79 Å². The predicted octanol–water partition coefficient (Wildman–Crippen LogP) is 1.97. The number of aliphatic hydroxyl groups is 2. The predicted molar refractivity (Wildman–Crippen MR) is 287 cm³/mol. The third-order valence-corrected chi connectivity index (χ3v) is 18.0. The Morgan fingerprint density at radius 1 is 0.946 bits per heavy atom. The first kappa shape index (κ1) is 57.9. The average molecular weight is 1060 g/mol. The molecule has 0 aromatic heterocycles. The molecule has 3 aromatic carbocycles. The first-order chi connectivity index (χ1) is 35.7. The van der Waals surface area contributed by atoms with Crippen LogP contribution in [0.4, 0.5) is 4.79 Å². The topological polar surface area (TPSA) is 279 Å². The first-order valence-electron chi connectivity index (χ1n) is 25.4. The summed E-state index contributed by atoms with van der Waals surface area (Å²) in [6, 6.07) is 22.1. The lowest BCUT2D eigenvalue weighted by Gasteiger charge is -2.29. The summed E-state index contributed by atoms with van der Waals surface area (Å²) in [5.41, 5.74) is 6.33. The molecule has 0 radical (unpaired) electrons. The van der Waals surface area contributed by atoms with Gasteiger partial charge in [0, 0.05) is 98.0 Å². The van der Waals surface area contributed by atoms with E-state index in [4.69, 9.17) is 24.9 Å². The number of carbonyl (C=O) groups is 4. The molecule has 3 fully saturated rings. The number of nitrogens with zero attached hydrogens (tertiary/aromatic N) is 4. The van der Waals surface area contributed by atoms with Crippen LogP contribution >= 0.6 is 18.9 Å². The van der Waals surface area contributed by atoms with E-state index in [0.717, 1.165) is 31.4 Å². The minimum Gasteiger partial charge on any atom is -0.480 e. The Morgan fingerprint density at radius 3 is 2.26 bits per heavy atom. The Balaban J connectivity index is 1.08. The van der Waals surface area contributed by atoms with Crippen molar-refractivity contribution >= 4 is 70.5 Å². The summed E-state index contributed by atoms with van der Waals surface area (Å²) in [4.78, 5) is 61.9. The number of rotatable bonds is 27. The maximum absolute atomic E-state index is 16.0. The minimum atomic E-state index is -3.78. The van der Waals surface area contributed by atoms with Crippen LogP contribution in [0.15, 0.2) is 88.8 Å². The molecule has 3 aromatic rings. The number of guanidine groups is 1. The summed E-state index contributed by atoms with van der Waals surface area (Å²) in [6.07, 6.45) is 0.604. The number of aliphatic imine (C=N–C) groups is 2. The number of carboxylic acid groups (broad SMARTS) is 1. The van der Waals surface area contributed by atoms with Gasteiger partial charge in [-0.1, -0.05) is 74.0 Å². The largest absolute Gasteiger partial charge is 0.480 e. The highest BCUT2D eigenvalue weighted by atomic mass is 32.2. The van der Waals surface area contributed by atoms with E-state index < -0.39 is 49.6 Å². The smallest absolute Gasteiger partial charge is 0.320 e. The lowest BCUT2D eigenvalue weighted by Crippen LogP contribution is -2.45. The molecule has 74 heavy (non-hydrogen) atoms. The van der Waals surface area contributed by atoms with Gasteiger partial charge in [-0.3, -0.25) is 19.4 Å². The van der Waals surface area contributed by atoms with Crippen molar-refractivity contribution in [3.8, 4) is 0 Å². The molecular weight excluding hydrogens is 990 g/mol. The third-order valence-electron chi connectivity index (χ3n) is 13.4. The summed E-state index contributed by atoms with van der Waals surface area (Å²) in [5, 5.41) is 45.4. The van der Waals surface area contributed by atoms with Gasteiger partial charge in [-0.15, -0.1) is 0 Å². The number of nitrogens with two attached hydrogens (primary N) is 1. The Hall–Kier alpha value is -5.38. The van der Waals surface area contributed by atoms with E-state index in [-0.39, 0.29) is 59.7 Å². The second kappa shape index (κ2) is 28.5. The molecule has 0 aliphatic carbocycles. The van der Waals surface area contributed by atoms with Gasteiger partial charge < -0.3 is 70.9 Å². The molecule has 0 bridgehead atoms. The van der Waals surface area contributed by atoms with Crippen molar-refractivity contribution in [3.63, 3.8) is 0 Å². The van der Waals surface area contributed by atoms with Gasteiger partial charge in [0.15, 0.2) is 13.4 Å². The number of carbonyl (C=O) groups excluding carboxylic acids is 3. The van der Waals surface area contributed by atoms with Crippen LogP contribution in [0.25, 0.3) is 0 Å². The number of hydrogen-bond acceptors (Lipinski definition) is 14. The number of likely N-dealkylation sites (N-methyl/N-ethyl adjacent to an activating group) is 1. The second-order valence-electron chi connectivity index (χ2n) is 18.6. The van der Waals surface area contributed by atoms with Crippen molar-refractivity contribution in [2.24, 2.45) is 15.7 Å². The van der Waals surface area contributed by atoms with Crippen molar-refractivity contribution in [3.05, 3.63) is 90.0 Å². The fourth-order valence-electron chi connectivity index (χ4n) is 9.38. The summed E-state index contributed by atoms with van der Waals surface area (Å²) in [5.74, 6) is -0.517.